The smallest absolute Gasteiger partial charge is 0.263 e. The SMILES string of the molecule is CCn1c(SCC(=O)Nc2nnc(-c3ccccc3C)s2)nc2sc3c(c2c1=O)CCC3. The monoisotopic (exact) mass is 483 g/mol. The van der Waals surface area contributed by atoms with Crippen LogP contribution in [0, 0.1) is 6.92 Å². The molecule has 0 unspecified atom stereocenters. The molecular weight excluding hydrogens is 462 g/mol. The summed E-state index contributed by atoms with van der Waals surface area (Å²) >= 11 is 4.24. The molecule has 1 amide bonds. The third-order valence-corrected chi connectivity index (χ3v) is 8.52. The Morgan fingerprint density at radius 1 is 1.22 bits per heavy atom. The molecule has 1 N–H and O–H groups in total. The number of aromatic nitrogens is 4. The van der Waals surface area contributed by atoms with Gasteiger partial charge in [0, 0.05) is 17.0 Å². The van der Waals surface area contributed by atoms with Crippen LogP contribution in [0.25, 0.3) is 20.8 Å². The number of hydrogen-bond acceptors (Lipinski definition) is 8. The Balaban J connectivity index is 1.31. The first kappa shape index (κ1) is 21.3. The standard InChI is InChI=1S/C22H21N5O2S3/c1-3-27-20(29)17-14-9-6-10-15(14)31-19(17)24-22(27)30-11-16(28)23-21-26-25-18(32-21)13-8-5-4-7-12(13)2/h4-5,7-8H,3,6,9-11H2,1-2H3,(H,23,26,28). The van der Waals surface area contributed by atoms with Crippen molar-refractivity contribution in [2.24, 2.45) is 0 Å². The van der Waals surface area contributed by atoms with Gasteiger partial charge in [0.2, 0.25) is 11.0 Å². The van der Waals surface area contributed by atoms with Crippen molar-refractivity contribution in [3.05, 3.63) is 50.6 Å². The number of thioether (sulfide) groups is 1. The first-order chi connectivity index (χ1) is 15.5. The molecule has 0 bridgehead atoms. The van der Waals surface area contributed by atoms with Gasteiger partial charge in [-0.3, -0.25) is 19.5 Å². The molecule has 3 heterocycles. The quantitative estimate of drug-likeness (QED) is 0.320. The van der Waals surface area contributed by atoms with Crippen LogP contribution in [0.2, 0.25) is 0 Å². The van der Waals surface area contributed by atoms with Gasteiger partial charge >= 0.3 is 0 Å². The first-order valence-electron chi connectivity index (χ1n) is 10.4. The predicted octanol–water partition coefficient (Wildman–Crippen LogP) is 4.52. The van der Waals surface area contributed by atoms with Crippen molar-refractivity contribution in [3.8, 4) is 10.6 Å². The molecule has 0 saturated heterocycles. The van der Waals surface area contributed by atoms with Crippen molar-refractivity contribution in [2.45, 2.75) is 44.8 Å². The molecule has 7 nitrogen and oxygen atoms in total. The van der Waals surface area contributed by atoms with Crippen molar-refractivity contribution < 1.29 is 4.79 Å². The maximum atomic E-state index is 13.1. The lowest BCUT2D eigenvalue weighted by molar-refractivity contribution is -0.113. The van der Waals surface area contributed by atoms with Crippen LogP contribution in [0.3, 0.4) is 0 Å². The van der Waals surface area contributed by atoms with Crippen LogP contribution < -0.4 is 10.9 Å². The Bertz CT molecular complexity index is 1390. The molecule has 32 heavy (non-hydrogen) atoms. The van der Waals surface area contributed by atoms with Crippen molar-refractivity contribution >= 4 is 55.7 Å². The summed E-state index contributed by atoms with van der Waals surface area (Å²) in [4.78, 5) is 32.5. The Hall–Kier alpha value is -2.56. The van der Waals surface area contributed by atoms with Crippen LogP contribution >= 0.6 is 34.4 Å². The van der Waals surface area contributed by atoms with Crippen molar-refractivity contribution in [1.82, 2.24) is 19.7 Å². The topological polar surface area (TPSA) is 89.8 Å². The van der Waals surface area contributed by atoms with E-state index in [-0.39, 0.29) is 17.2 Å². The summed E-state index contributed by atoms with van der Waals surface area (Å²) in [5.74, 6) is -0.0596. The molecule has 164 valence electrons. The minimum absolute atomic E-state index is 0.00630. The van der Waals surface area contributed by atoms with Crippen LogP contribution in [0.5, 0.6) is 0 Å². The molecule has 1 aromatic carbocycles. The summed E-state index contributed by atoms with van der Waals surface area (Å²) in [5.41, 5.74) is 3.30. The summed E-state index contributed by atoms with van der Waals surface area (Å²) in [6.07, 6.45) is 3.09. The molecule has 0 atom stereocenters. The van der Waals surface area contributed by atoms with Crippen LogP contribution in [-0.2, 0) is 24.2 Å². The van der Waals surface area contributed by atoms with Gasteiger partial charge in [-0.15, -0.1) is 21.5 Å². The molecule has 1 aliphatic rings. The van der Waals surface area contributed by atoms with Crippen molar-refractivity contribution in [2.75, 3.05) is 11.1 Å². The minimum atomic E-state index is -0.201. The molecule has 0 saturated carbocycles. The molecule has 3 aromatic heterocycles. The number of hydrogen-bond donors (Lipinski definition) is 1. The molecule has 5 rings (SSSR count). The Morgan fingerprint density at radius 2 is 2.06 bits per heavy atom. The number of carbonyl (C=O) groups is 1. The highest BCUT2D eigenvalue weighted by molar-refractivity contribution is 7.99. The highest BCUT2D eigenvalue weighted by atomic mass is 32.2. The van der Waals surface area contributed by atoms with Gasteiger partial charge < -0.3 is 0 Å². The fourth-order valence-electron chi connectivity index (χ4n) is 3.93. The van der Waals surface area contributed by atoms with Gasteiger partial charge in [0.05, 0.1) is 11.1 Å². The van der Waals surface area contributed by atoms with Crippen LogP contribution in [0.4, 0.5) is 5.13 Å². The second kappa shape index (κ2) is 8.76. The number of nitrogens with zero attached hydrogens (tertiary/aromatic N) is 4. The molecule has 0 aliphatic heterocycles. The average Bonchev–Trinajstić information content (AvgIpc) is 3.49. The maximum absolute atomic E-state index is 13.1. The zero-order valence-corrected chi connectivity index (χ0v) is 20.1. The number of benzene rings is 1. The van der Waals surface area contributed by atoms with Gasteiger partial charge in [-0.25, -0.2) is 4.98 Å². The molecule has 0 radical (unpaired) electrons. The molecule has 0 fully saturated rings. The van der Waals surface area contributed by atoms with Gasteiger partial charge in [-0.05, 0) is 44.2 Å². The van der Waals surface area contributed by atoms with Gasteiger partial charge in [0.15, 0.2) is 5.16 Å². The number of rotatable bonds is 6. The summed E-state index contributed by atoms with van der Waals surface area (Å²) in [6.45, 7) is 4.47. The lowest BCUT2D eigenvalue weighted by atomic mass is 10.1. The molecule has 4 aromatic rings. The van der Waals surface area contributed by atoms with E-state index in [9.17, 15) is 9.59 Å². The lowest BCUT2D eigenvalue weighted by Crippen LogP contribution is -2.23. The fraction of sp³-hybridized carbons (Fsp3) is 0.318. The number of aryl methyl sites for hydroxylation is 3. The Kier molecular flexibility index (Phi) is 5.83. The second-order valence-corrected chi connectivity index (χ2v) is 10.5. The number of carbonyl (C=O) groups excluding carboxylic acids is 1. The molecule has 0 spiro atoms. The van der Waals surface area contributed by atoms with E-state index in [1.165, 1.54) is 33.5 Å². The van der Waals surface area contributed by atoms with E-state index in [0.717, 1.165) is 45.6 Å². The number of nitrogens with one attached hydrogen (secondary N) is 1. The van der Waals surface area contributed by atoms with E-state index in [4.69, 9.17) is 4.98 Å². The second-order valence-electron chi connectivity index (χ2n) is 7.55. The van der Waals surface area contributed by atoms with E-state index >= 15 is 0 Å². The highest BCUT2D eigenvalue weighted by Crippen LogP contribution is 2.35. The average molecular weight is 484 g/mol. The fourth-order valence-corrected chi connectivity index (χ4v) is 6.94. The largest absolute Gasteiger partial charge is 0.300 e. The van der Waals surface area contributed by atoms with Gasteiger partial charge in [0.1, 0.15) is 9.84 Å². The zero-order chi connectivity index (χ0) is 22.2. The number of fused-ring (bicyclic) bond motifs is 3. The zero-order valence-electron chi connectivity index (χ0n) is 17.7. The Labute approximate surface area is 196 Å². The van der Waals surface area contributed by atoms with E-state index < -0.39 is 0 Å². The first-order valence-corrected chi connectivity index (χ1v) is 13.0. The number of amides is 1. The third kappa shape index (κ3) is 3.87. The summed E-state index contributed by atoms with van der Waals surface area (Å²) in [6, 6.07) is 7.94. The highest BCUT2D eigenvalue weighted by Gasteiger charge is 2.23. The lowest BCUT2D eigenvalue weighted by Gasteiger charge is -2.10. The summed E-state index contributed by atoms with van der Waals surface area (Å²) in [7, 11) is 0. The van der Waals surface area contributed by atoms with Crippen molar-refractivity contribution in [1.29, 1.82) is 0 Å². The van der Waals surface area contributed by atoms with E-state index in [1.54, 1.807) is 15.9 Å². The van der Waals surface area contributed by atoms with Crippen LogP contribution in [0.15, 0.2) is 34.2 Å². The van der Waals surface area contributed by atoms with Gasteiger partial charge in [0.25, 0.3) is 5.56 Å². The third-order valence-electron chi connectivity index (χ3n) is 5.49. The Morgan fingerprint density at radius 3 is 2.88 bits per heavy atom. The van der Waals surface area contributed by atoms with E-state index in [2.05, 4.69) is 15.5 Å². The summed E-state index contributed by atoms with van der Waals surface area (Å²) in [5, 5.41) is 13.7. The molecule has 1 aliphatic carbocycles. The number of anilines is 1. The maximum Gasteiger partial charge on any atom is 0.263 e. The number of thiophene rings is 1. The van der Waals surface area contributed by atoms with Crippen molar-refractivity contribution in [3.63, 3.8) is 0 Å². The van der Waals surface area contributed by atoms with E-state index in [1.807, 2.05) is 38.1 Å². The summed E-state index contributed by atoms with van der Waals surface area (Å²) < 4.78 is 1.67. The minimum Gasteiger partial charge on any atom is -0.300 e. The van der Waals surface area contributed by atoms with Gasteiger partial charge in [-0.2, -0.15) is 0 Å². The van der Waals surface area contributed by atoms with Crippen LogP contribution in [0.1, 0.15) is 29.3 Å². The van der Waals surface area contributed by atoms with E-state index in [0.29, 0.717) is 16.8 Å². The normalized spacial score (nSPS) is 12.9. The molecular formula is C22H21N5O2S3. The van der Waals surface area contributed by atoms with Gasteiger partial charge in [-0.1, -0.05) is 47.4 Å². The van der Waals surface area contributed by atoms with Crippen LogP contribution in [-0.4, -0.2) is 31.4 Å². The predicted molar refractivity (Wildman–Crippen MR) is 131 cm³/mol. The molecule has 10 heteroatoms.